The molecule has 0 aliphatic heterocycles. The molecule has 0 aliphatic carbocycles. The van der Waals surface area contributed by atoms with Crippen LogP contribution in [0.25, 0.3) is 10.2 Å². The molecule has 12 heteroatoms. The molecule has 0 aliphatic rings. The van der Waals surface area contributed by atoms with Crippen LogP contribution in [0.1, 0.15) is 27.0 Å². The maximum absolute atomic E-state index is 12.9. The zero-order chi connectivity index (χ0) is 22.3. The molecular weight excluding hydrogens is 452 g/mol. The van der Waals surface area contributed by atoms with Crippen molar-refractivity contribution in [1.82, 2.24) is 10.3 Å². The van der Waals surface area contributed by atoms with Crippen molar-refractivity contribution in [3.05, 3.63) is 58.7 Å². The fourth-order valence-corrected chi connectivity index (χ4v) is 3.70. The zero-order valence-corrected chi connectivity index (χ0v) is 16.5. The summed E-state index contributed by atoms with van der Waals surface area (Å²) in [7, 11) is 0. The smallest absolute Gasteiger partial charge is 0.308 e. The average molecular weight is 463 g/mol. The maximum atomic E-state index is 12.9. The summed E-state index contributed by atoms with van der Waals surface area (Å²) in [4.78, 5) is 16.5. The lowest BCUT2D eigenvalue weighted by molar-refractivity contribution is -0.143. The van der Waals surface area contributed by atoms with Gasteiger partial charge in [-0.05, 0) is 55.0 Å². The molecule has 4 nitrogen and oxygen atoms in total. The Balaban J connectivity index is 1.81. The summed E-state index contributed by atoms with van der Waals surface area (Å²) in [6, 6.07) is 6.09. The molecule has 3 aromatic rings. The third-order valence-electron chi connectivity index (χ3n) is 3.84. The van der Waals surface area contributed by atoms with E-state index in [0.717, 1.165) is 10.3 Å². The lowest BCUT2D eigenvalue weighted by Gasteiger charge is -2.14. The van der Waals surface area contributed by atoms with Gasteiger partial charge in [0.1, 0.15) is 0 Å². The Morgan fingerprint density at radius 1 is 1.00 bits per heavy atom. The molecular formula is C18H11F6N3OS2. The number of carbonyl (C=O) groups is 1. The number of alkyl halides is 6. The summed E-state index contributed by atoms with van der Waals surface area (Å²) < 4.78 is 78.4. The largest absolute Gasteiger partial charge is 0.416 e. The van der Waals surface area contributed by atoms with Crippen molar-refractivity contribution in [3.8, 4) is 0 Å². The molecule has 30 heavy (non-hydrogen) atoms. The summed E-state index contributed by atoms with van der Waals surface area (Å²) in [6.07, 6.45) is -10.1. The van der Waals surface area contributed by atoms with E-state index in [0.29, 0.717) is 22.8 Å². The Bertz CT molecular complexity index is 1100. The molecule has 2 N–H and O–H groups in total. The first-order valence-electron chi connectivity index (χ1n) is 8.12. The van der Waals surface area contributed by atoms with E-state index in [1.807, 2.05) is 19.1 Å². The summed E-state index contributed by atoms with van der Waals surface area (Å²) in [6.45, 7) is 1.89. The van der Waals surface area contributed by atoms with Crippen LogP contribution < -0.4 is 10.6 Å². The number of nitrogens with one attached hydrogen (secondary N) is 2. The number of fused-ring (bicyclic) bond motifs is 1. The predicted octanol–water partition coefficient (Wildman–Crippen LogP) is 5.77. The monoisotopic (exact) mass is 463 g/mol. The van der Waals surface area contributed by atoms with Crippen molar-refractivity contribution in [2.45, 2.75) is 19.3 Å². The molecule has 3 rings (SSSR count). The van der Waals surface area contributed by atoms with Crippen molar-refractivity contribution in [3.63, 3.8) is 0 Å². The molecule has 0 fully saturated rings. The molecule has 0 unspecified atom stereocenters. The second-order valence-electron chi connectivity index (χ2n) is 6.19. The molecule has 1 heterocycles. The van der Waals surface area contributed by atoms with Crippen LogP contribution in [0.5, 0.6) is 0 Å². The molecule has 158 valence electrons. The van der Waals surface area contributed by atoms with Gasteiger partial charge in [0.2, 0.25) is 0 Å². The molecule has 0 bridgehead atoms. The highest BCUT2D eigenvalue weighted by atomic mass is 32.1. The van der Waals surface area contributed by atoms with Crippen LogP contribution in [-0.2, 0) is 12.4 Å². The van der Waals surface area contributed by atoms with Gasteiger partial charge < -0.3 is 5.32 Å². The maximum Gasteiger partial charge on any atom is 0.416 e. The van der Waals surface area contributed by atoms with Crippen LogP contribution in [0.2, 0.25) is 0 Å². The van der Waals surface area contributed by atoms with Crippen molar-refractivity contribution in [2.75, 3.05) is 5.32 Å². The molecule has 0 spiro atoms. The van der Waals surface area contributed by atoms with Gasteiger partial charge in [0, 0.05) is 5.56 Å². The quantitative estimate of drug-likeness (QED) is 0.374. The zero-order valence-electron chi connectivity index (χ0n) is 14.9. The van der Waals surface area contributed by atoms with Crippen LogP contribution in [-0.4, -0.2) is 16.0 Å². The predicted molar refractivity (Wildman–Crippen MR) is 104 cm³/mol. The Labute approximate surface area is 174 Å². The Morgan fingerprint density at radius 3 is 2.17 bits per heavy atom. The minimum atomic E-state index is -5.06. The average Bonchev–Trinajstić information content (AvgIpc) is 3.00. The van der Waals surface area contributed by atoms with E-state index in [2.05, 4.69) is 15.6 Å². The normalized spacial score (nSPS) is 12.1. The number of thiocarbonyl (C=S) groups is 1. The van der Waals surface area contributed by atoms with Crippen LogP contribution in [0.15, 0.2) is 36.4 Å². The number of halogens is 6. The van der Waals surface area contributed by atoms with Gasteiger partial charge in [0.25, 0.3) is 5.91 Å². The fourth-order valence-electron chi connectivity index (χ4n) is 2.47. The summed E-state index contributed by atoms with van der Waals surface area (Å²) in [5.74, 6) is -1.22. The number of benzene rings is 2. The van der Waals surface area contributed by atoms with E-state index >= 15 is 0 Å². The van der Waals surface area contributed by atoms with Crippen molar-refractivity contribution < 1.29 is 31.1 Å². The van der Waals surface area contributed by atoms with Gasteiger partial charge in [-0.1, -0.05) is 17.4 Å². The summed E-state index contributed by atoms with van der Waals surface area (Å²) in [5.41, 5.74) is -2.36. The third-order valence-corrected chi connectivity index (χ3v) is 4.98. The van der Waals surface area contributed by atoms with Gasteiger partial charge in [-0.3, -0.25) is 10.1 Å². The first-order chi connectivity index (χ1) is 13.8. The van der Waals surface area contributed by atoms with E-state index in [9.17, 15) is 31.1 Å². The van der Waals surface area contributed by atoms with Crippen molar-refractivity contribution in [2.24, 2.45) is 0 Å². The first kappa shape index (κ1) is 22.0. The molecule has 0 radical (unpaired) electrons. The van der Waals surface area contributed by atoms with E-state index in [1.165, 1.54) is 11.3 Å². The summed E-state index contributed by atoms with van der Waals surface area (Å²) in [5, 5.41) is 4.66. The number of aryl methyl sites for hydroxylation is 1. The van der Waals surface area contributed by atoms with E-state index < -0.39 is 35.0 Å². The number of aromatic nitrogens is 1. The second kappa shape index (κ2) is 7.84. The fraction of sp³-hybridized carbons (Fsp3) is 0.167. The number of anilines is 1. The number of hydrogen-bond acceptors (Lipinski definition) is 4. The number of nitrogens with zero attached hydrogens (tertiary/aromatic N) is 1. The van der Waals surface area contributed by atoms with Gasteiger partial charge in [0.15, 0.2) is 10.2 Å². The van der Waals surface area contributed by atoms with Gasteiger partial charge in [-0.15, -0.1) is 0 Å². The van der Waals surface area contributed by atoms with E-state index in [4.69, 9.17) is 12.2 Å². The first-order valence-corrected chi connectivity index (χ1v) is 9.34. The Morgan fingerprint density at radius 2 is 1.60 bits per heavy atom. The van der Waals surface area contributed by atoms with Gasteiger partial charge in [-0.2, -0.15) is 26.3 Å². The lowest BCUT2D eigenvalue weighted by Crippen LogP contribution is -2.34. The Kier molecular flexibility index (Phi) is 5.74. The molecule has 1 amide bonds. The van der Waals surface area contributed by atoms with Crippen LogP contribution >= 0.6 is 23.6 Å². The molecule has 0 atom stereocenters. The third kappa shape index (κ3) is 5.05. The van der Waals surface area contributed by atoms with E-state index in [-0.39, 0.29) is 11.2 Å². The highest BCUT2D eigenvalue weighted by Gasteiger charge is 2.37. The minimum absolute atomic E-state index is 0.0591. The van der Waals surface area contributed by atoms with Gasteiger partial charge in [0.05, 0.1) is 21.3 Å². The van der Waals surface area contributed by atoms with Crippen LogP contribution in [0, 0.1) is 6.92 Å². The van der Waals surface area contributed by atoms with Gasteiger partial charge in [-0.25, -0.2) is 4.98 Å². The van der Waals surface area contributed by atoms with Gasteiger partial charge >= 0.3 is 12.4 Å². The highest BCUT2D eigenvalue weighted by molar-refractivity contribution is 7.80. The standard InChI is InChI=1S/C18H11F6N3OS2/c1-8-2-3-12-13(4-8)30-16(25-12)27-15(29)26-14(28)9-5-10(17(19,20)21)7-11(6-9)18(22,23)24/h2-7H,1H3,(H2,25,26,27,28,29). The minimum Gasteiger partial charge on any atom is -0.308 e. The van der Waals surface area contributed by atoms with Crippen LogP contribution in [0.3, 0.4) is 0 Å². The number of rotatable bonds is 2. The molecule has 1 aromatic heterocycles. The number of amides is 1. The SMILES string of the molecule is Cc1ccc2nc(NC(=S)NC(=O)c3cc(C(F)(F)F)cc(C(F)(F)F)c3)sc2c1. The van der Waals surface area contributed by atoms with Crippen LogP contribution in [0.4, 0.5) is 31.5 Å². The number of carbonyl (C=O) groups excluding carboxylic acids is 1. The highest BCUT2D eigenvalue weighted by Crippen LogP contribution is 2.36. The molecule has 0 saturated heterocycles. The van der Waals surface area contributed by atoms with E-state index in [1.54, 1.807) is 6.07 Å². The Hall–Kier alpha value is -2.73. The molecule has 0 saturated carbocycles. The topological polar surface area (TPSA) is 54.0 Å². The number of hydrogen-bond donors (Lipinski definition) is 2. The molecule has 2 aromatic carbocycles. The van der Waals surface area contributed by atoms with Crippen molar-refractivity contribution >= 4 is 49.9 Å². The lowest BCUT2D eigenvalue weighted by atomic mass is 10.0. The summed E-state index contributed by atoms with van der Waals surface area (Å²) >= 11 is 6.15. The number of thiazole rings is 1. The van der Waals surface area contributed by atoms with Crippen molar-refractivity contribution in [1.29, 1.82) is 0 Å². The second-order valence-corrected chi connectivity index (χ2v) is 7.63.